The van der Waals surface area contributed by atoms with Gasteiger partial charge < -0.3 is 9.75 Å². The van der Waals surface area contributed by atoms with E-state index in [2.05, 4.69) is 35.8 Å². The number of nitrogens with zero attached hydrogens (tertiary/aromatic N) is 1. The molecule has 0 aromatic heterocycles. The molecule has 0 heterocycles. The van der Waals surface area contributed by atoms with E-state index in [9.17, 15) is 0 Å². The lowest BCUT2D eigenvalue weighted by Gasteiger charge is -2.19. The number of hydrogen-bond donors (Lipinski definition) is 1. The van der Waals surface area contributed by atoms with Crippen molar-refractivity contribution in [2.24, 2.45) is 5.84 Å². The summed E-state index contributed by atoms with van der Waals surface area (Å²) in [6.07, 6.45) is 0. The number of benzene rings is 2. The van der Waals surface area contributed by atoms with Gasteiger partial charge in [0.05, 0.1) is 10.2 Å². The second-order valence-electron chi connectivity index (χ2n) is 4.91. The lowest BCUT2D eigenvalue weighted by molar-refractivity contribution is 0.303. The number of nitrogens with two attached hydrogens (primary N) is 1. The number of anilines is 1. The van der Waals surface area contributed by atoms with Crippen LogP contribution in [-0.2, 0) is 6.61 Å². The molecule has 0 bridgehead atoms. The Kier molecular flexibility index (Phi) is 4.68. The zero-order valence-electron chi connectivity index (χ0n) is 12.0. The standard InChI is InChI=1S/C16H19BrN2O/c1-11-7-8-16(14(17)9-11)20-10-13-12(2)5-4-6-15(13)19(3)18/h4-9H,10,18H2,1-3H3. The molecule has 20 heavy (non-hydrogen) atoms. The van der Waals surface area contributed by atoms with Crippen molar-refractivity contribution < 1.29 is 4.74 Å². The maximum Gasteiger partial charge on any atom is 0.134 e. The molecule has 2 rings (SSSR count). The summed E-state index contributed by atoms with van der Waals surface area (Å²) in [5.41, 5.74) is 4.45. The van der Waals surface area contributed by atoms with Crippen LogP contribution < -0.4 is 15.6 Å². The Morgan fingerprint density at radius 1 is 1.20 bits per heavy atom. The number of halogens is 1. The van der Waals surface area contributed by atoms with E-state index in [1.165, 1.54) is 11.1 Å². The van der Waals surface area contributed by atoms with Crippen LogP contribution in [0.5, 0.6) is 5.75 Å². The van der Waals surface area contributed by atoms with Gasteiger partial charge in [0, 0.05) is 12.6 Å². The highest BCUT2D eigenvalue weighted by Crippen LogP contribution is 2.28. The molecule has 0 aliphatic rings. The SMILES string of the molecule is Cc1ccc(OCc2c(C)cccc2N(C)N)c(Br)c1. The van der Waals surface area contributed by atoms with Gasteiger partial charge in [-0.05, 0) is 59.1 Å². The Morgan fingerprint density at radius 3 is 2.60 bits per heavy atom. The summed E-state index contributed by atoms with van der Waals surface area (Å²) in [4.78, 5) is 0. The molecule has 2 aromatic rings. The predicted molar refractivity (Wildman–Crippen MR) is 87.0 cm³/mol. The van der Waals surface area contributed by atoms with Crippen molar-refractivity contribution in [3.63, 3.8) is 0 Å². The van der Waals surface area contributed by atoms with Crippen LogP contribution in [0.2, 0.25) is 0 Å². The van der Waals surface area contributed by atoms with Gasteiger partial charge in [0.1, 0.15) is 12.4 Å². The second-order valence-corrected chi connectivity index (χ2v) is 5.76. The van der Waals surface area contributed by atoms with Gasteiger partial charge in [-0.3, -0.25) is 0 Å². The van der Waals surface area contributed by atoms with Crippen molar-refractivity contribution in [3.8, 4) is 5.75 Å². The van der Waals surface area contributed by atoms with E-state index >= 15 is 0 Å². The highest BCUT2D eigenvalue weighted by atomic mass is 79.9. The summed E-state index contributed by atoms with van der Waals surface area (Å²) < 4.78 is 6.89. The van der Waals surface area contributed by atoms with Gasteiger partial charge in [-0.2, -0.15) is 0 Å². The van der Waals surface area contributed by atoms with E-state index < -0.39 is 0 Å². The van der Waals surface area contributed by atoms with Gasteiger partial charge in [0.2, 0.25) is 0 Å². The van der Waals surface area contributed by atoms with Crippen molar-refractivity contribution in [2.75, 3.05) is 12.1 Å². The van der Waals surface area contributed by atoms with Crippen LogP contribution in [0.4, 0.5) is 5.69 Å². The fourth-order valence-electron chi connectivity index (χ4n) is 2.08. The normalized spacial score (nSPS) is 10.4. The van der Waals surface area contributed by atoms with Crippen molar-refractivity contribution in [3.05, 3.63) is 57.6 Å². The van der Waals surface area contributed by atoms with Gasteiger partial charge >= 0.3 is 0 Å². The fourth-order valence-corrected chi connectivity index (χ4v) is 2.69. The van der Waals surface area contributed by atoms with E-state index in [4.69, 9.17) is 10.6 Å². The fraction of sp³-hybridized carbons (Fsp3) is 0.250. The van der Waals surface area contributed by atoms with E-state index in [0.717, 1.165) is 21.5 Å². The monoisotopic (exact) mass is 334 g/mol. The molecule has 4 heteroatoms. The number of hydrogen-bond acceptors (Lipinski definition) is 3. The molecule has 0 fully saturated rings. The first-order valence-electron chi connectivity index (χ1n) is 6.45. The molecular formula is C16H19BrN2O. The third kappa shape index (κ3) is 3.32. The average molecular weight is 335 g/mol. The quantitative estimate of drug-likeness (QED) is 0.679. The molecule has 106 valence electrons. The zero-order chi connectivity index (χ0) is 14.7. The Balaban J connectivity index is 2.23. The molecule has 0 spiro atoms. The van der Waals surface area contributed by atoms with Crippen LogP contribution in [0.25, 0.3) is 0 Å². The van der Waals surface area contributed by atoms with Crippen molar-refractivity contribution in [1.82, 2.24) is 0 Å². The summed E-state index contributed by atoms with van der Waals surface area (Å²) in [6, 6.07) is 12.1. The van der Waals surface area contributed by atoms with E-state index in [-0.39, 0.29) is 0 Å². The molecule has 0 saturated carbocycles. The first-order chi connectivity index (χ1) is 9.49. The van der Waals surface area contributed by atoms with Gasteiger partial charge in [-0.25, -0.2) is 5.84 Å². The van der Waals surface area contributed by atoms with Crippen LogP contribution in [-0.4, -0.2) is 7.05 Å². The molecule has 0 unspecified atom stereocenters. The molecule has 0 atom stereocenters. The first-order valence-corrected chi connectivity index (χ1v) is 7.24. The Morgan fingerprint density at radius 2 is 1.95 bits per heavy atom. The highest BCUT2D eigenvalue weighted by molar-refractivity contribution is 9.10. The Labute approximate surface area is 128 Å². The molecule has 0 aliphatic carbocycles. The lowest BCUT2D eigenvalue weighted by Crippen LogP contribution is -2.26. The average Bonchev–Trinajstić information content (AvgIpc) is 2.38. The molecule has 3 nitrogen and oxygen atoms in total. The van der Waals surface area contributed by atoms with Gasteiger partial charge in [-0.1, -0.05) is 18.2 Å². The van der Waals surface area contributed by atoms with Crippen molar-refractivity contribution in [1.29, 1.82) is 0 Å². The topological polar surface area (TPSA) is 38.5 Å². The Hall–Kier alpha value is -1.52. The minimum Gasteiger partial charge on any atom is -0.488 e. The molecule has 0 radical (unpaired) electrons. The minimum atomic E-state index is 0.491. The Bertz CT molecular complexity index is 611. The molecule has 0 aliphatic heterocycles. The van der Waals surface area contributed by atoms with Gasteiger partial charge in [0.25, 0.3) is 0 Å². The molecule has 2 aromatic carbocycles. The third-order valence-electron chi connectivity index (χ3n) is 3.22. The second kappa shape index (κ2) is 6.29. The number of ether oxygens (including phenoxy) is 1. The maximum atomic E-state index is 5.92. The van der Waals surface area contributed by atoms with E-state index in [0.29, 0.717) is 6.61 Å². The summed E-state index contributed by atoms with van der Waals surface area (Å²) in [5, 5.41) is 1.62. The summed E-state index contributed by atoms with van der Waals surface area (Å²) in [6.45, 7) is 4.61. The van der Waals surface area contributed by atoms with Gasteiger partial charge in [0.15, 0.2) is 0 Å². The maximum absolute atomic E-state index is 5.92. The minimum absolute atomic E-state index is 0.491. The number of hydrazine groups is 1. The van der Waals surface area contributed by atoms with Gasteiger partial charge in [-0.15, -0.1) is 0 Å². The molecular weight excluding hydrogens is 316 g/mol. The van der Waals surface area contributed by atoms with Crippen LogP contribution in [0, 0.1) is 13.8 Å². The summed E-state index contributed by atoms with van der Waals surface area (Å²) >= 11 is 3.53. The van der Waals surface area contributed by atoms with Crippen LogP contribution >= 0.6 is 15.9 Å². The van der Waals surface area contributed by atoms with Crippen molar-refractivity contribution in [2.45, 2.75) is 20.5 Å². The number of aryl methyl sites for hydroxylation is 2. The summed E-state index contributed by atoms with van der Waals surface area (Å²) in [7, 11) is 1.83. The van der Waals surface area contributed by atoms with Crippen LogP contribution in [0.15, 0.2) is 40.9 Å². The largest absolute Gasteiger partial charge is 0.488 e. The van der Waals surface area contributed by atoms with E-state index in [1.807, 2.05) is 37.4 Å². The lowest BCUT2D eigenvalue weighted by atomic mass is 10.1. The van der Waals surface area contributed by atoms with Crippen LogP contribution in [0.3, 0.4) is 0 Å². The first kappa shape index (κ1) is 14.9. The molecule has 2 N–H and O–H groups in total. The smallest absolute Gasteiger partial charge is 0.134 e. The van der Waals surface area contributed by atoms with Crippen LogP contribution in [0.1, 0.15) is 16.7 Å². The molecule has 0 saturated heterocycles. The predicted octanol–water partition coefficient (Wildman–Crippen LogP) is 3.95. The highest BCUT2D eigenvalue weighted by Gasteiger charge is 2.09. The third-order valence-corrected chi connectivity index (χ3v) is 3.84. The summed E-state index contributed by atoms with van der Waals surface area (Å²) in [5.74, 6) is 6.71. The van der Waals surface area contributed by atoms with E-state index in [1.54, 1.807) is 5.01 Å². The molecule has 0 amide bonds. The number of rotatable bonds is 4. The van der Waals surface area contributed by atoms with Crippen molar-refractivity contribution >= 4 is 21.6 Å². The zero-order valence-corrected chi connectivity index (χ0v) is 13.6.